The maximum Gasteiger partial charge on any atom is 0.321 e. The third-order valence-corrected chi connectivity index (χ3v) is 2.10. The fourth-order valence-corrected chi connectivity index (χ4v) is 1.20. The highest BCUT2D eigenvalue weighted by atomic mass is 32.2. The van der Waals surface area contributed by atoms with Crippen molar-refractivity contribution in [2.75, 3.05) is 18.6 Å². The van der Waals surface area contributed by atoms with Crippen LogP contribution in [0.1, 0.15) is 0 Å². The number of hydrogen-bond donors (Lipinski definition) is 2. The largest absolute Gasteiger partial charge is 0.480 e. The van der Waals surface area contributed by atoms with Crippen LogP contribution in [0.5, 0.6) is 0 Å². The van der Waals surface area contributed by atoms with Gasteiger partial charge in [0.25, 0.3) is 0 Å². The zero-order valence-corrected chi connectivity index (χ0v) is 7.47. The second-order valence-electron chi connectivity index (χ2n) is 2.04. The molecule has 0 radical (unpaired) electrons. The van der Waals surface area contributed by atoms with E-state index < -0.39 is 12.0 Å². The van der Waals surface area contributed by atoms with Crippen molar-refractivity contribution in [3.05, 3.63) is 0 Å². The predicted octanol–water partition coefficient (Wildman–Crippen LogP) is -0.695. The smallest absolute Gasteiger partial charge is 0.321 e. The maximum absolute atomic E-state index is 10.5. The summed E-state index contributed by atoms with van der Waals surface area (Å²) in [4.78, 5) is 20.7. The molecule has 0 amide bonds. The number of carboxylic acid groups (broad SMARTS) is 1. The van der Waals surface area contributed by atoms with Crippen molar-refractivity contribution in [3.63, 3.8) is 0 Å². The summed E-state index contributed by atoms with van der Waals surface area (Å²) in [6.45, 7) is 0. The Balaban J connectivity index is 3.43. The molecule has 0 saturated carbocycles. The lowest BCUT2D eigenvalue weighted by molar-refractivity contribution is -0.138. The first kappa shape index (κ1) is 11.2. The topological polar surface area (TPSA) is 89.6 Å². The van der Waals surface area contributed by atoms with Gasteiger partial charge < -0.3 is 15.6 Å². The summed E-state index contributed by atoms with van der Waals surface area (Å²) in [5.74, 6) is -1.09. The van der Waals surface area contributed by atoms with Crippen LogP contribution in [0, 0.1) is 0 Å². The molecule has 0 spiro atoms. The van der Waals surface area contributed by atoms with E-state index in [4.69, 9.17) is 10.8 Å². The predicted molar refractivity (Wildman–Crippen MR) is 45.0 cm³/mol. The van der Waals surface area contributed by atoms with Gasteiger partial charge in [0, 0.05) is 5.75 Å². The number of ether oxygens (including phenoxy) is 1. The molecule has 0 aromatic rings. The molecule has 6 heteroatoms. The molecule has 70 valence electrons. The fraction of sp³-hybridized carbons (Fsp3) is 0.667. The van der Waals surface area contributed by atoms with Gasteiger partial charge in [0.1, 0.15) is 6.04 Å². The zero-order chi connectivity index (χ0) is 9.56. The van der Waals surface area contributed by atoms with Gasteiger partial charge in [-0.1, -0.05) is 0 Å². The van der Waals surface area contributed by atoms with Crippen molar-refractivity contribution in [1.29, 1.82) is 0 Å². The Kier molecular flexibility index (Phi) is 5.48. The number of hydrogen-bond acceptors (Lipinski definition) is 5. The highest BCUT2D eigenvalue weighted by molar-refractivity contribution is 8.00. The number of thioether (sulfide) groups is 1. The molecular weight excluding hydrogens is 182 g/mol. The van der Waals surface area contributed by atoms with Gasteiger partial charge >= 0.3 is 11.9 Å². The molecular formula is C6H11NO4S. The van der Waals surface area contributed by atoms with Crippen LogP contribution in [0.25, 0.3) is 0 Å². The molecule has 0 heterocycles. The van der Waals surface area contributed by atoms with Gasteiger partial charge in [-0.25, -0.2) is 0 Å². The Morgan fingerprint density at radius 2 is 2.25 bits per heavy atom. The summed E-state index contributed by atoms with van der Waals surface area (Å²) in [6, 6.07) is -0.917. The molecule has 0 aliphatic heterocycles. The molecule has 0 bridgehead atoms. The van der Waals surface area contributed by atoms with Crippen LogP contribution in [-0.2, 0) is 14.3 Å². The standard InChI is InChI=1S/C6H11NO4S/c1-11-5(8)3-12-2-4(7)6(9)10/h4H,2-3,7H2,1H3,(H,9,10)/t4-/m0/s1. The summed E-state index contributed by atoms with van der Waals surface area (Å²) in [6.07, 6.45) is 0. The Hall–Kier alpha value is -0.750. The number of esters is 1. The highest BCUT2D eigenvalue weighted by Crippen LogP contribution is 2.01. The molecule has 0 unspecified atom stereocenters. The van der Waals surface area contributed by atoms with Gasteiger partial charge in [0.15, 0.2) is 0 Å². The second-order valence-corrected chi connectivity index (χ2v) is 3.07. The van der Waals surface area contributed by atoms with Gasteiger partial charge in [-0.15, -0.1) is 11.8 Å². The molecule has 0 aliphatic carbocycles. The molecule has 12 heavy (non-hydrogen) atoms. The molecule has 5 nitrogen and oxygen atoms in total. The van der Waals surface area contributed by atoms with E-state index in [9.17, 15) is 9.59 Å². The van der Waals surface area contributed by atoms with Gasteiger partial charge in [0.2, 0.25) is 0 Å². The van der Waals surface area contributed by atoms with Crippen molar-refractivity contribution in [2.24, 2.45) is 5.73 Å². The van der Waals surface area contributed by atoms with Crippen LogP contribution in [0.4, 0.5) is 0 Å². The monoisotopic (exact) mass is 193 g/mol. The number of aliphatic carboxylic acids is 1. The minimum atomic E-state index is -1.06. The van der Waals surface area contributed by atoms with Crippen molar-refractivity contribution >= 4 is 23.7 Å². The molecule has 0 saturated heterocycles. The van der Waals surface area contributed by atoms with E-state index in [1.807, 2.05) is 0 Å². The number of carboxylic acids is 1. The van der Waals surface area contributed by atoms with Crippen molar-refractivity contribution < 1.29 is 19.4 Å². The SMILES string of the molecule is COC(=O)CSC[C@H](N)C(=O)O. The van der Waals surface area contributed by atoms with E-state index in [1.54, 1.807) is 0 Å². The number of nitrogens with two attached hydrogens (primary N) is 1. The van der Waals surface area contributed by atoms with Crippen LogP contribution in [0.3, 0.4) is 0 Å². The van der Waals surface area contributed by atoms with E-state index in [0.29, 0.717) is 0 Å². The van der Waals surface area contributed by atoms with E-state index in [1.165, 1.54) is 7.11 Å². The first-order valence-corrected chi connectivity index (χ1v) is 4.36. The highest BCUT2D eigenvalue weighted by Gasteiger charge is 2.11. The third kappa shape index (κ3) is 4.97. The molecule has 0 aromatic heterocycles. The van der Waals surface area contributed by atoms with E-state index in [-0.39, 0.29) is 17.5 Å². The normalized spacial score (nSPS) is 12.2. The minimum absolute atomic E-state index is 0.136. The molecule has 0 aromatic carbocycles. The van der Waals surface area contributed by atoms with Gasteiger partial charge in [-0.05, 0) is 0 Å². The first-order valence-electron chi connectivity index (χ1n) is 3.21. The molecule has 1 atom stereocenters. The summed E-state index contributed by atoms with van der Waals surface area (Å²) in [5.41, 5.74) is 5.17. The zero-order valence-electron chi connectivity index (χ0n) is 6.65. The lowest BCUT2D eigenvalue weighted by Gasteiger charge is -2.04. The lowest BCUT2D eigenvalue weighted by Crippen LogP contribution is -2.32. The second kappa shape index (κ2) is 5.84. The van der Waals surface area contributed by atoms with Crippen molar-refractivity contribution in [3.8, 4) is 0 Å². The Morgan fingerprint density at radius 1 is 1.67 bits per heavy atom. The Labute approximate surface area is 74.3 Å². The van der Waals surface area contributed by atoms with Crippen LogP contribution in [0.2, 0.25) is 0 Å². The van der Waals surface area contributed by atoms with E-state index in [2.05, 4.69) is 4.74 Å². The molecule has 0 fully saturated rings. The Bertz CT molecular complexity index is 173. The quantitative estimate of drug-likeness (QED) is 0.561. The number of carbonyl (C=O) groups is 2. The van der Waals surface area contributed by atoms with Gasteiger partial charge in [-0.2, -0.15) is 0 Å². The van der Waals surface area contributed by atoms with Crippen LogP contribution in [0.15, 0.2) is 0 Å². The maximum atomic E-state index is 10.5. The molecule has 0 aliphatic rings. The average Bonchev–Trinajstić information content (AvgIpc) is 2.03. The average molecular weight is 193 g/mol. The molecule has 0 rings (SSSR count). The fourth-order valence-electron chi connectivity index (χ4n) is 0.399. The van der Waals surface area contributed by atoms with E-state index in [0.717, 1.165) is 11.8 Å². The third-order valence-electron chi connectivity index (χ3n) is 1.06. The van der Waals surface area contributed by atoms with Crippen LogP contribution < -0.4 is 5.73 Å². The van der Waals surface area contributed by atoms with Gasteiger partial charge in [0.05, 0.1) is 12.9 Å². The van der Waals surface area contributed by atoms with Crippen molar-refractivity contribution in [2.45, 2.75) is 6.04 Å². The summed E-state index contributed by atoms with van der Waals surface area (Å²) in [5, 5.41) is 8.35. The number of methoxy groups -OCH3 is 1. The first-order chi connectivity index (χ1) is 5.57. The van der Waals surface area contributed by atoms with Crippen LogP contribution >= 0.6 is 11.8 Å². The van der Waals surface area contributed by atoms with E-state index >= 15 is 0 Å². The number of rotatable bonds is 5. The molecule has 3 N–H and O–H groups in total. The Morgan fingerprint density at radius 3 is 2.67 bits per heavy atom. The van der Waals surface area contributed by atoms with Crippen molar-refractivity contribution in [1.82, 2.24) is 0 Å². The minimum Gasteiger partial charge on any atom is -0.480 e. The summed E-state index contributed by atoms with van der Waals surface area (Å²) >= 11 is 1.14. The number of carbonyl (C=O) groups excluding carboxylic acids is 1. The van der Waals surface area contributed by atoms with Crippen LogP contribution in [-0.4, -0.2) is 41.7 Å². The summed E-state index contributed by atoms with van der Waals surface area (Å²) in [7, 11) is 1.28. The van der Waals surface area contributed by atoms with Gasteiger partial charge in [-0.3, -0.25) is 9.59 Å². The summed E-state index contributed by atoms with van der Waals surface area (Å²) < 4.78 is 4.34. The lowest BCUT2D eigenvalue weighted by atomic mass is 10.4.